The number of primary amides is 1. The van der Waals surface area contributed by atoms with Crippen LogP contribution in [0.15, 0.2) is 0 Å². The molecule has 9 heteroatoms. The molecular formula is C12H17F3N2O4. The minimum atomic E-state index is -4.53. The van der Waals surface area contributed by atoms with Crippen LogP contribution in [0, 0.1) is 11.8 Å². The van der Waals surface area contributed by atoms with Gasteiger partial charge in [0.15, 0.2) is 0 Å². The van der Waals surface area contributed by atoms with Gasteiger partial charge in [0.2, 0.25) is 11.8 Å². The van der Waals surface area contributed by atoms with Gasteiger partial charge in [0.25, 0.3) is 0 Å². The van der Waals surface area contributed by atoms with E-state index in [1.54, 1.807) is 0 Å². The van der Waals surface area contributed by atoms with Crippen molar-refractivity contribution in [2.45, 2.75) is 31.9 Å². The molecule has 120 valence electrons. The second-order valence-electron chi connectivity index (χ2n) is 5.09. The van der Waals surface area contributed by atoms with E-state index in [9.17, 15) is 27.6 Å². The molecule has 1 fully saturated rings. The maximum absolute atomic E-state index is 13.0. The molecule has 0 radical (unpaired) electrons. The minimum Gasteiger partial charge on any atom is -0.480 e. The molecule has 0 aromatic heterocycles. The molecule has 0 aromatic carbocycles. The van der Waals surface area contributed by atoms with Gasteiger partial charge in [-0.2, -0.15) is 13.2 Å². The van der Waals surface area contributed by atoms with Crippen LogP contribution in [-0.4, -0.2) is 47.1 Å². The Morgan fingerprint density at radius 1 is 1.14 bits per heavy atom. The molecule has 0 heterocycles. The number of alkyl halides is 3. The van der Waals surface area contributed by atoms with E-state index in [-0.39, 0.29) is 12.8 Å². The van der Waals surface area contributed by atoms with E-state index in [1.165, 1.54) is 0 Å². The van der Waals surface area contributed by atoms with Gasteiger partial charge in [0.05, 0.1) is 12.5 Å². The number of carboxylic acids is 1. The zero-order valence-corrected chi connectivity index (χ0v) is 11.2. The van der Waals surface area contributed by atoms with Gasteiger partial charge in [-0.15, -0.1) is 0 Å². The minimum absolute atomic E-state index is 0.0257. The first kappa shape index (κ1) is 17.3. The van der Waals surface area contributed by atoms with Gasteiger partial charge in [-0.3, -0.25) is 14.4 Å². The molecule has 0 saturated heterocycles. The van der Waals surface area contributed by atoms with Crippen LogP contribution >= 0.6 is 0 Å². The highest BCUT2D eigenvalue weighted by molar-refractivity contribution is 5.88. The van der Waals surface area contributed by atoms with Crippen molar-refractivity contribution in [2.75, 3.05) is 13.1 Å². The molecule has 1 aliphatic rings. The fourth-order valence-corrected chi connectivity index (χ4v) is 2.62. The largest absolute Gasteiger partial charge is 0.480 e. The van der Waals surface area contributed by atoms with E-state index in [0.29, 0.717) is 17.7 Å². The summed E-state index contributed by atoms with van der Waals surface area (Å²) in [5, 5.41) is 8.70. The number of carbonyl (C=O) groups is 3. The van der Waals surface area contributed by atoms with Crippen LogP contribution in [0.5, 0.6) is 0 Å². The molecule has 21 heavy (non-hydrogen) atoms. The number of amides is 2. The van der Waals surface area contributed by atoms with Crippen molar-refractivity contribution in [1.29, 1.82) is 0 Å². The number of aliphatic carboxylic acids is 1. The van der Waals surface area contributed by atoms with Crippen LogP contribution in [0.2, 0.25) is 0 Å². The van der Waals surface area contributed by atoms with Gasteiger partial charge in [0, 0.05) is 5.92 Å². The Kier molecular flexibility index (Phi) is 5.56. The molecule has 0 bridgehead atoms. The van der Waals surface area contributed by atoms with Crippen molar-refractivity contribution in [3.63, 3.8) is 0 Å². The van der Waals surface area contributed by atoms with Gasteiger partial charge in [0.1, 0.15) is 6.54 Å². The molecule has 2 atom stereocenters. The van der Waals surface area contributed by atoms with Gasteiger partial charge in [-0.05, 0) is 12.8 Å². The van der Waals surface area contributed by atoms with Crippen LogP contribution in [0.4, 0.5) is 13.2 Å². The van der Waals surface area contributed by atoms with Crippen molar-refractivity contribution in [3.8, 4) is 0 Å². The van der Waals surface area contributed by atoms with E-state index in [4.69, 9.17) is 10.8 Å². The first-order chi connectivity index (χ1) is 9.62. The van der Waals surface area contributed by atoms with Crippen molar-refractivity contribution < 1.29 is 32.7 Å². The van der Waals surface area contributed by atoms with Crippen LogP contribution < -0.4 is 5.73 Å². The Hall–Kier alpha value is -1.80. The van der Waals surface area contributed by atoms with E-state index < -0.39 is 48.9 Å². The van der Waals surface area contributed by atoms with E-state index >= 15 is 0 Å². The molecule has 1 aliphatic carbocycles. The first-order valence-corrected chi connectivity index (χ1v) is 6.48. The average Bonchev–Trinajstić information content (AvgIpc) is 2.35. The Morgan fingerprint density at radius 2 is 1.71 bits per heavy atom. The summed E-state index contributed by atoms with van der Waals surface area (Å²) in [6, 6.07) is 0. The normalized spacial score (nSPS) is 22.6. The molecule has 6 nitrogen and oxygen atoms in total. The third kappa shape index (κ3) is 4.91. The van der Waals surface area contributed by atoms with Crippen LogP contribution in [0.1, 0.15) is 25.7 Å². The second-order valence-corrected chi connectivity index (χ2v) is 5.09. The van der Waals surface area contributed by atoms with Gasteiger partial charge < -0.3 is 15.7 Å². The third-order valence-corrected chi connectivity index (χ3v) is 3.49. The number of hydrogen-bond acceptors (Lipinski definition) is 3. The molecule has 2 unspecified atom stereocenters. The second kappa shape index (κ2) is 6.77. The zero-order valence-electron chi connectivity index (χ0n) is 11.2. The van der Waals surface area contributed by atoms with E-state index in [1.807, 2.05) is 0 Å². The van der Waals surface area contributed by atoms with E-state index in [2.05, 4.69) is 0 Å². The fourth-order valence-electron chi connectivity index (χ4n) is 2.62. The topological polar surface area (TPSA) is 101 Å². The van der Waals surface area contributed by atoms with Gasteiger partial charge in [-0.1, -0.05) is 12.8 Å². The van der Waals surface area contributed by atoms with Crippen molar-refractivity contribution in [1.82, 2.24) is 4.90 Å². The summed E-state index contributed by atoms with van der Waals surface area (Å²) in [6.07, 6.45) is -3.85. The monoisotopic (exact) mass is 310 g/mol. The quantitative estimate of drug-likeness (QED) is 0.782. The lowest BCUT2D eigenvalue weighted by atomic mass is 9.78. The first-order valence-electron chi connectivity index (χ1n) is 6.48. The average molecular weight is 310 g/mol. The smallest absolute Gasteiger partial charge is 0.392 e. The third-order valence-electron chi connectivity index (χ3n) is 3.49. The molecule has 3 N–H and O–H groups in total. The lowest BCUT2D eigenvalue weighted by molar-refractivity contribution is -0.201. The lowest BCUT2D eigenvalue weighted by Crippen LogP contribution is -2.48. The molecule has 0 aliphatic heterocycles. The van der Waals surface area contributed by atoms with Gasteiger partial charge in [-0.25, -0.2) is 0 Å². The number of rotatable bonds is 5. The van der Waals surface area contributed by atoms with Crippen LogP contribution in [0.3, 0.4) is 0 Å². The summed E-state index contributed by atoms with van der Waals surface area (Å²) >= 11 is 0. The predicted molar refractivity (Wildman–Crippen MR) is 64.9 cm³/mol. The Bertz CT molecular complexity index is 409. The molecule has 0 aromatic rings. The number of carbonyl (C=O) groups excluding carboxylic acids is 2. The highest BCUT2D eigenvalue weighted by atomic mass is 19.4. The summed E-state index contributed by atoms with van der Waals surface area (Å²) in [6.45, 7) is -1.55. The predicted octanol–water partition coefficient (Wildman–Crippen LogP) is 0.754. The molecule has 1 saturated carbocycles. The van der Waals surface area contributed by atoms with Gasteiger partial charge >= 0.3 is 12.1 Å². The highest BCUT2D eigenvalue weighted by Gasteiger charge is 2.49. The van der Waals surface area contributed by atoms with Crippen LogP contribution in [-0.2, 0) is 14.4 Å². The number of nitrogens with zero attached hydrogens (tertiary/aromatic N) is 1. The summed E-state index contributed by atoms with van der Waals surface area (Å²) in [4.78, 5) is 34.3. The summed E-state index contributed by atoms with van der Waals surface area (Å²) < 4.78 is 38.9. The molecule has 2 amide bonds. The number of nitrogens with two attached hydrogens (primary N) is 1. The Labute approximate surface area is 119 Å². The highest BCUT2D eigenvalue weighted by Crippen LogP contribution is 2.42. The maximum atomic E-state index is 13.0. The van der Waals surface area contributed by atoms with Crippen molar-refractivity contribution in [2.24, 2.45) is 17.6 Å². The summed E-state index contributed by atoms with van der Waals surface area (Å²) in [7, 11) is 0. The fraction of sp³-hybridized carbons (Fsp3) is 0.750. The number of halogens is 3. The molecular weight excluding hydrogens is 293 g/mol. The summed E-state index contributed by atoms with van der Waals surface area (Å²) in [5.41, 5.74) is 4.91. The maximum Gasteiger partial charge on any atom is 0.392 e. The Morgan fingerprint density at radius 3 is 2.19 bits per heavy atom. The lowest BCUT2D eigenvalue weighted by Gasteiger charge is -2.34. The summed E-state index contributed by atoms with van der Waals surface area (Å²) in [5.74, 6) is -6.51. The number of hydrogen-bond donors (Lipinski definition) is 2. The molecule has 0 spiro atoms. The van der Waals surface area contributed by atoms with Crippen molar-refractivity contribution >= 4 is 17.8 Å². The SMILES string of the molecule is NC(=O)CN(CC(=O)O)C(=O)C1CCCCC1C(F)(F)F. The zero-order chi connectivity index (χ0) is 16.2. The standard InChI is InChI=1S/C12H17F3N2O4/c13-12(14,15)8-4-2-1-3-7(8)11(21)17(5-9(16)18)6-10(19)20/h7-8H,1-6H2,(H2,16,18)(H,19,20). The van der Waals surface area contributed by atoms with Crippen molar-refractivity contribution in [3.05, 3.63) is 0 Å². The van der Waals surface area contributed by atoms with E-state index in [0.717, 1.165) is 0 Å². The molecule has 1 rings (SSSR count). The van der Waals surface area contributed by atoms with Crippen LogP contribution in [0.25, 0.3) is 0 Å². The number of carboxylic acid groups (broad SMARTS) is 1. The Balaban J connectivity index is 2.93.